The third-order valence-corrected chi connectivity index (χ3v) is 4.16. The summed E-state index contributed by atoms with van der Waals surface area (Å²) < 4.78 is 8.16. The van der Waals surface area contributed by atoms with E-state index in [1.165, 1.54) is 0 Å². The minimum Gasteiger partial charge on any atom is -0.336 e. The molecule has 0 aliphatic carbocycles. The molecule has 2 aromatic heterocycles. The molecule has 1 aliphatic heterocycles. The predicted octanol–water partition coefficient (Wildman–Crippen LogP) is 1.29. The average molecular weight is 292 g/mol. The summed E-state index contributed by atoms with van der Waals surface area (Å²) in [7, 11) is 0. The Labute approximate surface area is 120 Å². The van der Waals surface area contributed by atoms with Gasteiger partial charge in [0.15, 0.2) is 11.5 Å². The molecule has 20 heavy (non-hydrogen) atoms. The van der Waals surface area contributed by atoms with Crippen LogP contribution in [0.1, 0.15) is 46.6 Å². The molecule has 0 aromatic carbocycles. The van der Waals surface area contributed by atoms with Crippen molar-refractivity contribution < 1.29 is 4.79 Å². The number of rotatable bonds is 2. The molecule has 3 rings (SSSR count). The van der Waals surface area contributed by atoms with Crippen LogP contribution in [0.25, 0.3) is 0 Å². The Morgan fingerprint density at radius 2 is 2.25 bits per heavy atom. The van der Waals surface area contributed by atoms with Crippen LogP contribution in [0.15, 0.2) is 0 Å². The third-order valence-electron chi connectivity index (χ3n) is 3.54. The van der Waals surface area contributed by atoms with Crippen LogP contribution < -0.4 is 0 Å². The van der Waals surface area contributed by atoms with Gasteiger partial charge in [-0.2, -0.15) is 13.8 Å². The number of carbonyl (C=O) groups is 1. The third kappa shape index (κ3) is 2.43. The summed E-state index contributed by atoms with van der Waals surface area (Å²) in [4.78, 5) is 18.7. The van der Waals surface area contributed by atoms with E-state index in [4.69, 9.17) is 0 Å². The summed E-state index contributed by atoms with van der Waals surface area (Å²) >= 11 is 1.08. The fraction of sp³-hybridized carbons (Fsp3) is 0.583. The first-order valence-corrected chi connectivity index (χ1v) is 7.35. The fourth-order valence-electron chi connectivity index (χ4n) is 2.49. The van der Waals surface area contributed by atoms with E-state index in [0.717, 1.165) is 42.8 Å². The van der Waals surface area contributed by atoms with Crippen molar-refractivity contribution in [2.24, 2.45) is 0 Å². The highest BCUT2D eigenvalue weighted by molar-refractivity contribution is 6.99. The van der Waals surface area contributed by atoms with Crippen LogP contribution >= 0.6 is 11.7 Å². The number of hydrogen-bond acceptors (Lipinski definition) is 6. The lowest BCUT2D eigenvalue weighted by atomic mass is 9.97. The maximum Gasteiger partial charge on any atom is 0.275 e. The van der Waals surface area contributed by atoms with Gasteiger partial charge in [0, 0.05) is 19.0 Å². The molecule has 0 radical (unpaired) electrons. The van der Waals surface area contributed by atoms with E-state index in [1.54, 1.807) is 0 Å². The maximum absolute atomic E-state index is 12.4. The van der Waals surface area contributed by atoms with Crippen molar-refractivity contribution in [3.05, 3.63) is 23.0 Å². The lowest BCUT2D eigenvalue weighted by molar-refractivity contribution is 0.0699. The molecule has 1 unspecified atom stereocenters. The molecule has 0 saturated carbocycles. The molecule has 1 fully saturated rings. The Kier molecular flexibility index (Phi) is 3.47. The summed E-state index contributed by atoms with van der Waals surface area (Å²) in [6.45, 7) is 5.10. The van der Waals surface area contributed by atoms with E-state index in [2.05, 4.69) is 23.9 Å². The van der Waals surface area contributed by atoms with Gasteiger partial charge in [-0.3, -0.25) is 9.89 Å². The molecule has 106 valence electrons. The van der Waals surface area contributed by atoms with E-state index >= 15 is 0 Å². The highest BCUT2D eigenvalue weighted by Gasteiger charge is 2.29. The highest BCUT2D eigenvalue weighted by atomic mass is 32.1. The summed E-state index contributed by atoms with van der Waals surface area (Å²) in [5.41, 5.74) is 1.18. The number of amides is 1. The second-order valence-corrected chi connectivity index (χ2v) is 5.60. The number of aromatic nitrogens is 5. The van der Waals surface area contributed by atoms with Gasteiger partial charge in [-0.1, -0.05) is 0 Å². The van der Waals surface area contributed by atoms with Crippen molar-refractivity contribution in [2.45, 2.75) is 32.6 Å². The second-order valence-electron chi connectivity index (χ2n) is 5.07. The molecule has 3 heterocycles. The van der Waals surface area contributed by atoms with Crippen molar-refractivity contribution in [3.8, 4) is 0 Å². The summed E-state index contributed by atoms with van der Waals surface area (Å²) in [5.74, 6) is 1.77. The fourth-order valence-corrected chi connectivity index (χ4v) is 3.03. The second kappa shape index (κ2) is 5.28. The van der Waals surface area contributed by atoms with Gasteiger partial charge in [0.1, 0.15) is 5.82 Å². The van der Waals surface area contributed by atoms with Crippen LogP contribution in [0.5, 0.6) is 0 Å². The number of nitrogens with one attached hydrogen (secondary N) is 1. The number of carbonyl (C=O) groups excluding carboxylic acids is 1. The van der Waals surface area contributed by atoms with E-state index in [-0.39, 0.29) is 11.8 Å². The number of aryl methyl sites for hydroxylation is 2. The predicted molar refractivity (Wildman–Crippen MR) is 73.6 cm³/mol. The average Bonchev–Trinajstić information content (AvgIpc) is 3.07. The van der Waals surface area contributed by atoms with Crippen molar-refractivity contribution in [2.75, 3.05) is 13.1 Å². The smallest absolute Gasteiger partial charge is 0.275 e. The van der Waals surface area contributed by atoms with Crippen LogP contribution in [0.2, 0.25) is 0 Å². The van der Waals surface area contributed by atoms with E-state index in [9.17, 15) is 4.79 Å². The van der Waals surface area contributed by atoms with E-state index in [1.807, 2.05) is 18.7 Å². The van der Waals surface area contributed by atoms with Gasteiger partial charge in [0.25, 0.3) is 5.91 Å². The van der Waals surface area contributed by atoms with Crippen LogP contribution in [-0.4, -0.2) is 47.8 Å². The number of H-pyrrole nitrogens is 1. The maximum atomic E-state index is 12.4. The lowest BCUT2D eigenvalue weighted by Crippen LogP contribution is -2.39. The summed E-state index contributed by atoms with van der Waals surface area (Å²) in [6.07, 6.45) is 1.97. The molecule has 1 atom stereocenters. The quantitative estimate of drug-likeness (QED) is 0.901. The largest absolute Gasteiger partial charge is 0.336 e. The number of aromatic amines is 1. The lowest BCUT2D eigenvalue weighted by Gasteiger charge is -2.31. The number of nitrogens with zero attached hydrogens (tertiary/aromatic N) is 5. The first kappa shape index (κ1) is 13.2. The molecule has 1 aliphatic rings. The molecule has 0 bridgehead atoms. The van der Waals surface area contributed by atoms with Gasteiger partial charge in [0.05, 0.1) is 17.4 Å². The molecule has 1 saturated heterocycles. The summed E-state index contributed by atoms with van der Waals surface area (Å²) in [6, 6.07) is 0. The number of likely N-dealkylation sites (tertiary alicyclic amines) is 1. The molecule has 2 aromatic rings. The Morgan fingerprint density at radius 1 is 1.40 bits per heavy atom. The molecule has 1 amide bonds. The van der Waals surface area contributed by atoms with Gasteiger partial charge in [-0.15, -0.1) is 0 Å². The van der Waals surface area contributed by atoms with Crippen LogP contribution in [0, 0.1) is 13.8 Å². The van der Waals surface area contributed by atoms with Crippen molar-refractivity contribution in [3.63, 3.8) is 0 Å². The van der Waals surface area contributed by atoms with Gasteiger partial charge in [-0.25, -0.2) is 4.98 Å². The summed E-state index contributed by atoms with van der Waals surface area (Å²) in [5, 5.41) is 7.07. The van der Waals surface area contributed by atoms with E-state index in [0.29, 0.717) is 17.9 Å². The zero-order valence-corrected chi connectivity index (χ0v) is 12.3. The van der Waals surface area contributed by atoms with Gasteiger partial charge in [-0.05, 0) is 26.7 Å². The van der Waals surface area contributed by atoms with Crippen LogP contribution in [0.3, 0.4) is 0 Å². The zero-order valence-electron chi connectivity index (χ0n) is 11.5. The minimum atomic E-state index is -0.0341. The van der Waals surface area contributed by atoms with Gasteiger partial charge >= 0.3 is 0 Å². The topological polar surface area (TPSA) is 87.7 Å². The minimum absolute atomic E-state index is 0.0341. The first-order valence-electron chi connectivity index (χ1n) is 6.62. The zero-order chi connectivity index (χ0) is 14.1. The molecule has 1 N–H and O–H groups in total. The van der Waals surface area contributed by atoms with Crippen molar-refractivity contribution in [1.82, 2.24) is 28.8 Å². The normalized spacial score (nSPS) is 19.3. The monoisotopic (exact) mass is 292 g/mol. The molecular formula is C12H16N6OS. The van der Waals surface area contributed by atoms with Gasteiger partial charge in [0.2, 0.25) is 0 Å². The standard InChI is InChI=1S/C12H16N6OS/c1-7-10(17-20-16-7)12(19)18-5-3-4-9(6-18)11-13-8(2)14-15-11/h9H,3-6H2,1-2H3,(H,13,14,15). The SMILES string of the molecule is Cc1nc(C2CCCN(C(=O)c3nsnc3C)C2)n[nH]1. The Morgan fingerprint density at radius 3 is 2.90 bits per heavy atom. The first-order chi connectivity index (χ1) is 9.65. The Bertz CT molecular complexity index is 621. The van der Waals surface area contributed by atoms with Crippen molar-refractivity contribution >= 4 is 17.6 Å². The molecular weight excluding hydrogens is 276 g/mol. The molecule has 8 heteroatoms. The van der Waals surface area contributed by atoms with Crippen molar-refractivity contribution in [1.29, 1.82) is 0 Å². The molecule has 0 spiro atoms. The van der Waals surface area contributed by atoms with Gasteiger partial charge < -0.3 is 4.90 Å². The van der Waals surface area contributed by atoms with Crippen LogP contribution in [-0.2, 0) is 0 Å². The highest BCUT2D eigenvalue weighted by Crippen LogP contribution is 2.25. The van der Waals surface area contributed by atoms with Crippen LogP contribution in [0.4, 0.5) is 0 Å². The Balaban J connectivity index is 1.75. The molecule has 7 nitrogen and oxygen atoms in total. The number of piperidine rings is 1. The number of hydrogen-bond donors (Lipinski definition) is 1. The Hall–Kier alpha value is -1.83. The van der Waals surface area contributed by atoms with E-state index < -0.39 is 0 Å².